The number of alkyl halides is 3. The molecule has 2 aromatic carbocycles. The first-order valence-corrected chi connectivity index (χ1v) is 11.3. The summed E-state index contributed by atoms with van der Waals surface area (Å²) in [5.74, 6) is 0.0994. The van der Waals surface area contributed by atoms with Crippen LogP contribution in [0.3, 0.4) is 0 Å². The van der Waals surface area contributed by atoms with E-state index in [1.807, 2.05) is 0 Å². The van der Waals surface area contributed by atoms with Crippen LogP contribution in [0.5, 0.6) is 5.75 Å². The highest BCUT2D eigenvalue weighted by Crippen LogP contribution is 2.37. The van der Waals surface area contributed by atoms with Crippen LogP contribution in [-0.2, 0) is 16.7 Å². The summed E-state index contributed by atoms with van der Waals surface area (Å²) in [5.41, 5.74) is 6.93. The van der Waals surface area contributed by atoms with Crippen LogP contribution >= 0.6 is 0 Å². The van der Waals surface area contributed by atoms with E-state index in [1.165, 1.54) is 24.8 Å². The van der Waals surface area contributed by atoms with E-state index in [4.69, 9.17) is 4.84 Å². The first-order valence-electron chi connectivity index (χ1n) is 11.3. The van der Waals surface area contributed by atoms with E-state index >= 15 is 0 Å². The minimum atomic E-state index is -4.73. The van der Waals surface area contributed by atoms with Crippen LogP contribution in [0.1, 0.15) is 50.9 Å². The number of nitrogens with zero attached hydrogens (tertiary/aromatic N) is 2. The fraction of sp³-hybridized carbons (Fsp3) is 0.370. The Kier molecular flexibility index (Phi) is 6.23. The third-order valence-corrected chi connectivity index (χ3v) is 6.07. The van der Waals surface area contributed by atoms with Gasteiger partial charge in [0.1, 0.15) is 12.9 Å². The number of halogens is 3. The topological polar surface area (TPSA) is 35.8 Å². The van der Waals surface area contributed by atoms with Gasteiger partial charge in [0.15, 0.2) is 0 Å². The van der Waals surface area contributed by atoms with Gasteiger partial charge in [0.25, 0.3) is 0 Å². The van der Waals surface area contributed by atoms with Gasteiger partial charge in [0.05, 0.1) is 11.4 Å². The lowest BCUT2D eigenvalue weighted by atomic mass is 9.86. The van der Waals surface area contributed by atoms with Crippen molar-refractivity contribution in [1.82, 2.24) is 4.57 Å². The Morgan fingerprint density at radius 2 is 1.59 bits per heavy atom. The highest BCUT2D eigenvalue weighted by Gasteiger charge is 2.31. The summed E-state index contributed by atoms with van der Waals surface area (Å²) in [7, 11) is 1.54. The molecule has 0 N–H and O–H groups in total. The van der Waals surface area contributed by atoms with Crippen LogP contribution in [0.2, 0.25) is 0 Å². The zero-order valence-corrected chi connectivity index (χ0v) is 20.0. The van der Waals surface area contributed by atoms with E-state index < -0.39 is 6.36 Å². The molecule has 0 aliphatic heterocycles. The Morgan fingerprint density at radius 3 is 2.15 bits per heavy atom. The first kappa shape index (κ1) is 23.9. The van der Waals surface area contributed by atoms with E-state index in [0.29, 0.717) is 5.92 Å². The molecule has 34 heavy (non-hydrogen) atoms. The van der Waals surface area contributed by atoms with Crippen molar-refractivity contribution in [2.24, 2.45) is 11.1 Å². The largest absolute Gasteiger partial charge is 0.573 e. The Bertz CT molecular complexity index is 1180. The molecule has 1 aliphatic rings. The Hall–Kier alpha value is -3.22. The number of rotatable bonds is 4. The predicted molar refractivity (Wildman–Crippen MR) is 128 cm³/mol. The fourth-order valence-corrected chi connectivity index (χ4v) is 4.49. The Morgan fingerprint density at radius 1 is 0.941 bits per heavy atom. The highest BCUT2D eigenvalue weighted by atomic mass is 19.4. The van der Waals surface area contributed by atoms with Crippen LogP contribution in [0.4, 0.5) is 13.2 Å². The molecule has 7 heteroatoms. The lowest BCUT2D eigenvalue weighted by Crippen LogP contribution is -2.20. The van der Waals surface area contributed by atoms with Crippen LogP contribution in [0, 0.1) is 5.92 Å². The van der Waals surface area contributed by atoms with Gasteiger partial charge in [0, 0.05) is 16.9 Å². The van der Waals surface area contributed by atoms with Gasteiger partial charge in [0.2, 0.25) is 0 Å². The molecule has 0 fully saturated rings. The maximum absolute atomic E-state index is 12.6. The van der Waals surface area contributed by atoms with Crippen molar-refractivity contribution in [3.63, 3.8) is 0 Å². The molecule has 180 valence electrons. The second kappa shape index (κ2) is 8.85. The normalized spacial score (nSPS) is 17.5. The van der Waals surface area contributed by atoms with Gasteiger partial charge >= 0.3 is 6.36 Å². The molecule has 3 aromatic rings. The molecule has 0 saturated carbocycles. The number of oxime groups is 1. The van der Waals surface area contributed by atoms with Gasteiger partial charge in [-0.05, 0) is 65.6 Å². The van der Waals surface area contributed by atoms with Crippen molar-refractivity contribution in [3.8, 4) is 22.7 Å². The Labute approximate surface area is 198 Å². The molecule has 4 nitrogen and oxygen atoms in total. The summed E-state index contributed by atoms with van der Waals surface area (Å²) in [5, 5.41) is 4.28. The second-order valence-electron chi connectivity index (χ2n) is 9.83. The summed E-state index contributed by atoms with van der Waals surface area (Å²) in [6.45, 7) is 8.66. The van der Waals surface area contributed by atoms with Crippen LogP contribution < -0.4 is 4.74 Å². The number of benzene rings is 2. The number of fused-ring (bicyclic) bond motifs is 1. The van der Waals surface area contributed by atoms with Crippen LogP contribution in [0.25, 0.3) is 16.9 Å². The van der Waals surface area contributed by atoms with Crippen molar-refractivity contribution >= 4 is 5.71 Å². The Balaban J connectivity index is 1.86. The molecule has 0 unspecified atom stereocenters. The molecular formula is C27H29F3N2O2. The van der Waals surface area contributed by atoms with Crippen molar-refractivity contribution in [2.45, 2.75) is 52.3 Å². The summed E-state index contributed by atoms with van der Waals surface area (Å²) in [4.78, 5) is 5.12. The maximum atomic E-state index is 12.6. The van der Waals surface area contributed by atoms with Crippen molar-refractivity contribution in [3.05, 3.63) is 71.4 Å². The van der Waals surface area contributed by atoms with E-state index in [2.05, 4.69) is 72.5 Å². The predicted octanol–water partition coefficient (Wildman–Crippen LogP) is 7.27. The minimum Gasteiger partial charge on any atom is -0.406 e. The lowest BCUT2D eigenvalue weighted by Gasteiger charge is -2.23. The SMILES string of the molecule is CO/N=C1/C[C@@H](C)Cc2c1cc(-c1ccc(C(C)(C)C)cc1)n2-c1ccc(OC(F)(F)F)cc1. The zero-order chi connectivity index (χ0) is 24.7. The van der Waals surface area contributed by atoms with Gasteiger partial charge < -0.3 is 14.1 Å². The average molecular weight is 471 g/mol. The molecule has 0 spiro atoms. The molecule has 1 atom stereocenters. The van der Waals surface area contributed by atoms with Crippen molar-refractivity contribution in [2.75, 3.05) is 7.11 Å². The number of hydrogen-bond donors (Lipinski definition) is 0. The molecule has 0 radical (unpaired) electrons. The molecule has 0 bridgehead atoms. The highest BCUT2D eigenvalue weighted by molar-refractivity contribution is 6.03. The summed E-state index contributed by atoms with van der Waals surface area (Å²) < 4.78 is 44.1. The lowest BCUT2D eigenvalue weighted by molar-refractivity contribution is -0.274. The van der Waals surface area contributed by atoms with Gasteiger partial charge in [-0.25, -0.2) is 0 Å². The standard InChI is InChI=1S/C27H29F3N2O2/c1-17-14-23(31-33-5)22-16-24(18-6-8-19(9-7-18)26(2,3)4)32(25(22)15-17)20-10-12-21(13-11-20)34-27(28,29)30/h6-13,16-17H,14-15H2,1-5H3/b31-23-/t17-/m1/s1. The van der Waals surface area contributed by atoms with Gasteiger partial charge in [-0.15, -0.1) is 13.2 Å². The summed E-state index contributed by atoms with van der Waals surface area (Å²) in [6, 6.07) is 16.5. The molecule has 0 amide bonds. The molecule has 1 heterocycles. The van der Waals surface area contributed by atoms with Gasteiger partial charge in [-0.2, -0.15) is 0 Å². The van der Waals surface area contributed by atoms with E-state index in [-0.39, 0.29) is 11.2 Å². The smallest absolute Gasteiger partial charge is 0.406 e. The third kappa shape index (κ3) is 4.98. The first-order chi connectivity index (χ1) is 16.0. The molecule has 0 saturated heterocycles. The molecule has 1 aliphatic carbocycles. The maximum Gasteiger partial charge on any atom is 0.573 e. The number of ether oxygens (including phenoxy) is 1. The van der Waals surface area contributed by atoms with Gasteiger partial charge in [-0.1, -0.05) is 57.1 Å². The fourth-order valence-electron chi connectivity index (χ4n) is 4.49. The molecule has 1 aromatic heterocycles. The van der Waals surface area contributed by atoms with Gasteiger partial charge in [-0.3, -0.25) is 0 Å². The summed E-state index contributed by atoms with van der Waals surface area (Å²) >= 11 is 0. The van der Waals surface area contributed by atoms with E-state index in [1.54, 1.807) is 12.1 Å². The van der Waals surface area contributed by atoms with Crippen molar-refractivity contribution in [1.29, 1.82) is 0 Å². The quantitative estimate of drug-likeness (QED) is 0.376. The number of aromatic nitrogens is 1. The molecule has 4 rings (SSSR count). The zero-order valence-electron chi connectivity index (χ0n) is 20.0. The van der Waals surface area contributed by atoms with Crippen LogP contribution in [-0.4, -0.2) is 23.8 Å². The van der Waals surface area contributed by atoms with E-state index in [9.17, 15) is 13.2 Å². The average Bonchev–Trinajstić information content (AvgIpc) is 3.12. The third-order valence-electron chi connectivity index (χ3n) is 6.07. The van der Waals surface area contributed by atoms with Crippen molar-refractivity contribution < 1.29 is 22.7 Å². The van der Waals surface area contributed by atoms with E-state index in [0.717, 1.165) is 46.8 Å². The van der Waals surface area contributed by atoms with Crippen LogP contribution in [0.15, 0.2) is 59.8 Å². The monoisotopic (exact) mass is 470 g/mol. The minimum absolute atomic E-state index is 0.0296. The summed E-state index contributed by atoms with van der Waals surface area (Å²) in [6.07, 6.45) is -3.11. The molecular weight excluding hydrogens is 441 g/mol. The number of hydrogen-bond acceptors (Lipinski definition) is 3. The second-order valence-corrected chi connectivity index (χ2v) is 9.83.